The molecule has 0 unspecified atom stereocenters. The highest BCUT2D eigenvalue weighted by atomic mass is 79.9. The van der Waals surface area contributed by atoms with E-state index in [2.05, 4.69) is 15.9 Å². The highest BCUT2D eigenvalue weighted by molar-refractivity contribution is 9.10. The average molecular weight is 375 g/mol. The third-order valence-electron chi connectivity index (χ3n) is 2.56. The van der Waals surface area contributed by atoms with E-state index in [0.29, 0.717) is 16.3 Å². The quantitative estimate of drug-likeness (QED) is 0.858. The fourth-order valence-corrected chi connectivity index (χ4v) is 3.25. The molecular formula is C12H11BrN2O5S. The van der Waals surface area contributed by atoms with Gasteiger partial charge in [-0.25, -0.2) is 13.2 Å². The summed E-state index contributed by atoms with van der Waals surface area (Å²) in [7, 11) is -4.09. The molecule has 0 bridgehead atoms. The second kappa shape index (κ2) is 5.86. The van der Waals surface area contributed by atoms with Crippen LogP contribution in [0.5, 0.6) is 5.75 Å². The molecule has 0 aliphatic heterocycles. The molecule has 0 saturated carbocycles. The van der Waals surface area contributed by atoms with Crippen LogP contribution >= 0.6 is 15.9 Å². The molecule has 1 heterocycles. The smallest absolute Gasteiger partial charge is 0.342 e. The van der Waals surface area contributed by atoms with Gasteiger partial charge in [-0.2, -0.15) is 3.97 Å². The molecule has 2 aromatic rings. The Hall–Kier alpha value is -1.87. The Bertz CT molecular complexity index is 868. The Kier molecular flexibility index (Phi) is 4.33. The van der Waals surface area contributed by atoms with Crippen molar-refractivity contribution < 1.29 is 13.2 Å². The van der Waals surface area contributed by atoms with Crippen molar-refractivity contribution in [2.24, 2.45) is 0 Å². The van der Waals surface area contributed by atoms with Crippen LogP contribution in [-0.4, -0.2) is 24.0 Å². The van der Waals surface area contributed by atoms with Gasteiger partial charge in [-0.15, -0.1) is 0 Å². The maximum Gasteiger partial charge on any atom is 0.342 e. The first kappa shape index (κ1) is 15.5. The molecule has 2 rings (SSSR count). The molecule has 7 nitrogen and oxygen atoms in total. The highest BCUT2D eigenvalue weighted by Crippen LogP contribution is 2.17. The summed E-state index contributed by atoms with van der Waals surface area (Å²) < 4.78 is 30.4. The first-order valence-electron chi connectivity index (χ1n) is 5.86. The SMILES string of the molecule is CCOc1ccc(S(=O)(=O)n2cc(Br)c(=O)[nH]c2=O)cc1. The lowest BCUT2D eigenvalue weighted by molar-refractivity contribution is 0.340. The predicted octanol–water partition coefficient (Wildman–Crippen LogP) is 0.935. The molecule has 1 aromatic heterocycles. The molecule has 0 aliphatic carbocycles. The topological polar surface area (TPSA) is 98.2 Å². The summed E-state index contributed by atoms with van der Waals surface area (Å²) in [5, 5.41) is 0. The number of nitrogens with one attached hydrogen (secondary N) is 1. The maximum atomic E-state index is 12.4. The minimum atomic E-state index is -4.09. The van der Waals surface area contributed by atoms with Crippen LogP contribution in [0, 0.1) is 0 Å². The van der Waals surface area contributed by atoms with Gasteiger partial charge in [0, 0.05) is 6.20 Å². The van der Waals surface area contributed by atoms with Crippen LogP contribution in [-0.2, 0) is 10.0 Å². The summed E-state index contributed by atoms with van der Waals surface area (Å²) >= 11 is 2.89. The molecule has 1 aromatic carbocycles. The number of ether oxygens (including phenoxy) is 1. The van der Waals surface area contributed by atoms with Gasteiger partial charge in [0.25, 0.3) is 15.6 Å². The highest BCUT2D eigenvalue weighted by Gasteiger charge is 2.19. The van der Waals surface area contributed by atoms with Gasteiger partial charge in [-0.05, 0) is 47.1 Å². The molecule has 0 radical (unpaired) electrons. The van der Waals surface area contributed by atoms with Crippen LogP contribution in [0.15, 0.2) is 49.4 Å². The summed E-state index contributed by atoms with van der Waals surface area (Å²) in [6.07, 6.45) is 0.924. The standard InChI is InChI=1S/C12H11BrN2O5S/c1-2-20-8-3-5-9(6-4-8)21(18,19)15-7-10(13)11(16)14-12(15)17/h3-7H,2H2,1H3,(H,14,16,17). The number of halogens is 1. The van der Waals surface area contributed by atoms with Gasteiger partial charge < -0.3 is 4.74 Å². The molecule has 1 N–H and O–H groups in total. The fourth-order valence-electron chi connectivity index (χ4n) is 1.60. The zero-order valence-electron chi connectivity index (χ0n) is 10.9. The second-order valence-electron chi connectivity index (χ2n) is 3.94. The Labute approximate surface area is 128 Å². The van der Waals surface area contributed by atoms with Crippen molar-refractivity contribution in [2.75, 3.05) is 6.61 Å². The Morgan fingerprint density at radius 1 is 1.24 bits per heavy atom. The van der Waals surface area contributed by atoms with Gasteiger partial charge in [-0.3, -0.25) is 9.78 Å². The van der Waals surface area contributed by atoms with E-state index in [1.165, 1.54) is 24.3 Å². The zero-order chi connectivity index (χ0) is 15.6. The van der Waals surface area contributed by atoms with Gasteiger partial charge in [0.1, 0.15) is 10.2 Å². The molecule has 112 valence electrons. The van der Waals surface area contributed by atoms with E-state index in [1.54, 1.807) is 0 Å². The van der Waals surface area contributed by atoms with Crippen LogP contribution < -0.4 is 16.0 Å². The van der Waals surface area contributed by atoms with Gasteiger partial charge >= 0.3 is 5.69 Å². The summed E-state index contributed by atoms with van der Waals surface area (Å²) in [5.41, 5.74) is -1.73. The molecular weight excluding hydrogens is 364 g/mol. The number of aromatic nitrogens is 2. The fraction of sp³-hybridized carbons (Fsp3) is 0.167. The molecule has 0 aliphatic rings. The average Bonchev–Trinajstić information content (AvgIpc) is 2.43. The molecule has 21 heavy (non-hydrogen) atoms. The Morgan fingerprint density at radius 2 is 1.86 bits per heavy atom. The predicted molar refractivity (Wildman–Crippen MR) is 79.2 cm³/mol. The Morgan fingerprint density at radius 3 is 2.43 bits per heavy atom. The second-order valence-corrected chi connectivity index (χ2v) is 6.61. The summed E-state index contributed by atoms with van der Waals surface area (Å²) in [6, 6.07) is 5.63. The number of nitrogens with zero attached hydrogens (tertiary/aromatic N) is 1. The summed E-state index contributed by atoms with van der Waals surface area (Å²) in [5.74, 6) is 0.520. The largest absolute Gasteiger partial charge is 0.494 e. The number of hydrogen-bond acceptors (Lipinski definition) is 5. The lowest BCUT2D eigenvalue weighted by Gasteiger charge is -2.08. The maximum absolute atomic E-state index is 12.4. The van der Waals surface area contributed by atoms with Gasteiger partial charge in [0.2, 0.25) is 0 Å². The molecule has 0 amide bonds. The number of H-pyrrole nitrogens is 1. The van der Waals surface area contributed by atoms with Crippen molar-refractivity contribution in [3.8, 4) is 5.75 Å². The van der Waals surface area contributed by atoms with Crippen molar-refractivity contribution >= 4 is 26.0 Å². The van der Waals surface area contributed by atoms with Crippen molar-refractivity contribution in [2.45, 2.75) is 11.8 Å². The van der Waals surface area contributed by atoms with Gasteiger partial charge in [-0.1, -0.05) is 0 Å². The van der Waals surface area contributed by atoms with Crippen LogP contribution in [0.1, 0.15) is 6.92 Å². The van der Waals surface area contributed by atoms with Gasteiger partial charge in [0.05, 0.1) is 11.5 Å². The van der Waals surface area contributed by atoms with E-state index in [-0.39, 0.29) is 9.37 Å². The summed E-state index contributed by atoms with van der Waals surface area (Å²) in [4.78, 5) is 24.7. The normalized spacial score (nSPS) is 11.3. The first-order chi connectivity index (χ1) is 9.86. The molecule has 9 heteroatoms. The van der Waals surface area contributed by atoms with Crippen LogP contribution in [0.2, 0.25) is 0 Å². The third kappa shape index (κ3) is 3.08. The van der Waals surface area contributed by atoms with Crippen LogP contribution in [0.25, 0.3) is 0 Å². The van der Waals surface area contributed by atoms with E-state index >= 15 is 0 Å². The molecule has 0 saturated heterocycles. The molecule has 0 atom stereocenters. The zero-order valence-corrected chi connectivity index (χ0v) is 13.3. The van der Waals surface area contributed by atoms with E-state index in [0.717, 1.165) is 6.20 Å². The lowest BCUT2D eigenvalue weighted by atomic mass is 10.3. The van der Waals surface area contributed by atoms with E-state index in [4.69, 9.17) is 4.74 Å². The lowest BCUT2D eigenvalue weighted by Crippen LogP contribution is -2.34. The third-order valence-corrected chi connectivity index (χ3v) is 4.78. The molecule has 0 spiro atoms. The first-order valence-corrected chi connectivity index (χ1v) is 8.09. The monoisotopic (exact) mass is 374 g/mol. The molecule has 0 fully saturated rings. The van der Waals surface area contributed by atoms with E-state index in [9.17, 15) is 18.0 Å². The van der Waals surface area contributed by atoms with Crippen LogP contribution in [0.4, 0.5) is 0 Å². The van der Waals surface area contributed by atoms with E-state index in [1.807, 2.05) is 11.9 Å². The van der Waals surface area contributed by atoms with E-state index < -0.39 is 21.3 Å². The van der Waals surface area contributed by atoms with Crippen molar-refractivity contribution in [1.82, 2.24) is 8.96 Å². The summed E-state index contributed by atoms with van der Waals surface area (Å²) in [6.45, 7) is 2.26. The van der Waals surface area contributed by atoms with Crippen molar-refractivity contribution in [3.63, 3.8) is 0 Å². The van der Waals surface area contributed by atoms with Gasteiger partial charge in [0.15, 0.2) is 0 Å². The Balaban J connectivity index is 2.54. The minimum Gasteiger partial charge on any atom is -0.494 e. The minimum absolute atomic E-state index is 0.0587. The number of hydrogen-bond donors (Lipinski definition) is 1. The number of aromatic amines is 1. The number of rotatable bonds is 4. The van der Waals surface area contributed by atoms with Crippen molar-refractivity contribution in [1.29, 1.82) is 0 Å². The van der Waals surface area contributed by atoms with Crippen LogP contribution in [0.3, 0.4) is 0 Å². The van der Waals surface area contributed by atoms with Crippen molar-refractivity contribution in [3.05, 3.63) is 55.8 Å². The number of benzene rings is 1.